The maximum Gasteiger partial charge on any atom is 0.249 e. The predicted molar refractivity (Wildman–Crippen MR) is 85.8 cm³/mol. The third-order valence-corrected chi connectivity index (χ3v) is 5.13. The van der Waals surface area contributed by atoms with Crippen LogP contribution in [0.4, 0.5) is 0 Å². The molecule has 1 amide bonds. The highest BCUT2D eigenvalue weighted by molar-refractivity contribution is 7.09. The first kappa shape index (κ1) is 15.9. The van der Waals surface area contributed by atoms with Gasteiger partial charge in [-0.15, -0.1) is 11.3 Å². The molecule has 2 fully saturated rings. The average molecular weight is 324 g/mol. The van der Waals surface area contributed by atoms with E-state index in [-0.39, 0.29) is 18.1 Å². The van der Waals surface area contributed by atoms with Gasteiger partial charge < -0.3 is 15.0 Å². The predicted octanol–water partition coefficient (Wildman–Crippen LogP) is 0.553. The van der Waals surface area contributed by atoms with Crippen LogP contribution in [0.1, 0.15) is 17.8 Å². The molecule has 0 radical (unpaired) electrons. The highest BCUT2D eigenvalue weighted by Gasteiger charge is 2.45. The summed E-state index contributed by atoms with van der Waals surface area (Å²) >= 11 is 1.69. The van der Waals surface area contributed by atoms with E-state index in [1.54, 1.807) is 11.3 Å². The quantitative estimate of drug-likeness (QED) is 0.828. The molecule has 0 bridgehead atoms. The minimum atomic E-state index is -0.295. The van der Waals surface area contributed by atoms with Crippen LogP contribution in [0.3, 0.4) is 0 Å². The highest BCUT2D eigenvalue weighted by atomic mass is 32.1. The third kappa shape index (κ3) is 3.65. The Kier molecular flexibility index (Phi) is 5.07. The molecule has 122 valence electrons. The van der Waals surface area contributed by atoms with Gasteiger partial charge in [0.2, 0.25) is 5.91 Å². The summed E-state index contributed by atoms with van der Waals surface area (Å²) in [7, 11) is 4.00. The SMILES string of the molecule is CN(C)CCNC(=O)[C@H]1C[C@H]2[C@H](CCN2Cc2nccs2)O1. The van der Waals surface area contributed by atoms with E-state index in [1.165, 1.54) is 0 Å². The Morgan fingerprint density at radius 3 is 3.18 bits per heavy atom. The fraction of sp³-hybridized carbons (Fsp3) is 0.733. The van der Waals surface area contributed by atoms with Gasteiger partial charge in [-0.2, -0.15) is 0 Å². The lowest BCUT2D eigenvalue weighted by molar-refractivity contribution is -0.132. The smallest absolute Gasteiger partial charge is 0.249 e. The van der Waals surface area contributed by atoms with Gasteiger partial charge in [0.05, 0.1) is 12.6 Å². The molecule has 2 saturated heterocycles. The second-order valence-electron chi connectivity index (χ2n) is 6.25. The Hall–Kier alpha value is -1.02. The normalized spacial score (nSPS) is 28.2. The number of nitrogens with zero attached hydrogens (tertiary/aromatic N) is 3. The molecule has 3 atom stereocenters. The minimum absolute atomic E-state index is 0.0328. The number of ether oxygens (including phenoxy) is 1. The molecule has 3 heterocycles. The lowest BCUT2D eigenvalue weighted by Gasteiger charge is -2.21. The Balaban J connectivity index is 1.49. The number of likely N-dealkylation sites (N-methyl/N-ethyl adjacent to an activating group) is 1. The number of rotatable bonds is 6. The molecule has 1 N–H and O–H groups in total. The van der Waals surface area contributed by atoms with Crippen molar-refractivity contribution in [2.75, 3.05) is 33.7 Å². The first-order valence-corrected chi connectivity index (χ1v) is 8.72. The van der Waals surface area contributed by atoms with Crippen LogP contribution in [0.15, 0.2) is 11.6 Å². The molecule has 0 spiro atoms. The highest BCUT2D eigenvalue weighted by Crippen LogP contribution is 2.34. The molecule has 6 nitrogen and oxygen atoms in total. The fourth-order valence-electron chi connectivity index (χ4n) is 3.22. The number of aromatic nitrogens is 1. The molecule has 0 saturated carbocycles. The van der Waals surface area contributed by atoms with E-state index in [2.05, 4.69) is 20.1 Å². The van der Waals surface area contributed by atoms with Crippen molar-refractivity contribution in [1.29, 1.82) is 0 Å². The zero-order chi connectivity index (χ0) is 15.5. The molecular formula is C15H24N4O2S. The second-order valence-corrected chi connectivity index (χ2v) is 7.22. The fourth-order valence-corrected chi connectivity index (χ4v) is 3.86. The monoisotopic (exact) mass is 324 g/mol. The Labute approximate surface area is 135 Å². The molecule has 0 unspecified atom stereocenters. The zero-order valence-corrected chi connectivity index (χ0v) is 14.0. The van der Waals surface area contributed by atoms with E-state index in [1.807, 2.05) is 25.7 Å². The lowest BCUT2D eigenvalue weighted by atomic mass is 10.1. The number of hydrogen-bond acceptors (Lipinski definition) is 6. The number of carbonyl (C=O) groups excluding carboxylic acids is 1. The third-order valence-electron chi connectivity index (χ3n) is 4.37. The second kappa shape index (κ2) is 7.04. The van der Waals surface area contributed by atoms with Crippen LogP contribution in [0.5, 0.6) is 0 Å². The van der Waals surface area contributed by atoms with Crippen molar-refractivity contribution < 1.29 is 9.53 Å². The summed E-state index contributed by atoms with van der Waals surface area (Å²) in [5, 5.41) is 6.12. The largest absolute Gasteiger partial charge is 0.363 e. The van der Waals surface area contributed by atoms with Gasteiger partial charge in [-0.05, 0) is 20.5 Å². The number of thiazole rings is 1. The summed E-state index contributed by atoms with van der Waals surface area (Å²) < 4.78 is 5.97. The van der Waals surface area contributed by atoms with Crippen LogP contribution in [0, 0.1) is 0 Å². The van der Waals surface area contributed by atoms with Crippen LogP contribution in [0.25, 0.3) is 0 Å². The molecule has 0 aromatic carbocycles. The Bertz CT molecular complexity index is 494. The summed E-state index contributed by atoms with van der Waals surface area (Å²) in [5.41, 5.74) is 0. The zero-order valence-electron chi connectivity index (χ0n) is 13.2. The van der Waals surface area contributed by atoms with E-state index in [0.717, 1.165) is 37.5 Å². The van der Waals surface area contributed by atoms with Crippen LogP contribution in [-0.2, 0) is 16.1 Å². The maximum atomic E-state index is 12.2. The Morgan fingerprint density at radius 1 is 1.59 bits per heavy atom. The van der Waals surface area contributed by atoms with E-state index in [0.29, 0.717) is 12.6 Å². The van der Waals surface area contributed by atoms with Crippen LogP contribution in [-0.4, -0.2) is 72.7 Å². The molecule has 3 rings (SSSR count). The van der Waals surface area contributed by atoms with Crippen molar-refractivity contribution in [1.82, 2.24) is 20.1 Å². The summed E-state index contributed by atoms with van der Waals surface area (Å²) in [5.74, 6) is 0.0328. The van der Waals surface area contributed by atoms with E-state index >= 15 is 0 Å². The number of hydrogen-bond donors (Lipinski definition) is 1. The standard InChI is InChI=1S/C15H24N4O2S/c1-18(2)7-4-17-15(20)13-9-11-12(21-13)3-6-19(11)10-14-16-5-8-22-14/h5,8,11-13H,3-4,6-7,9-10H2,1-2H3,(H,17,20)/t11-,12-,13+/m0/s1. The minimum Gasteiger partial charge on any atom is -0.363 e. The molecule has 2 aliphatic heterocycles. The van der Waals surface area contributed by atoms with Crippen molar-refractivity contribution in [3.63, 3.8) is 0 Å². The number of amides is 1. The van der Waals surface area contributed by atoms with Gasteiger partial charge in [0, 0.05) is 43.7 Å². The molecule has 0 aliphatic carbocycles. The van der Waals surface area contributed by atoms with Crippen molar-refractivity contribution in [3.05, 3.63) is 16.6 Å². The van der Waals surface area contributed by atoms with Crippen molar-refractivity contribution in [3.8, 4) is 0 Å². The van der Waals surface area contributed by atoms with E-state index in [4.69, 9.17) is 4.74 Å². The molecule has 2 aliphatic rings. The van der Waals surface area contributed by atoms with Crippen LogP contribution < -0.4 is 5.32 Å². The molecular weight excluding hydrogens is 300 g/mol. The lowest BCUT2D eigenvalue weighted by Crippen LogP contribution is -2.39. The number of carbonyl (C=O) groups is 1. The van der Waals surface area contributed by atoms with Gasteiger partial charge >= 0.3 is 0 Å². The van der Waals surface area contributed by atoms with Gasteiger partial charge in [-0.3, -0.25) is 9.69 Å². The van der Waals surface area contributed by atoms with Gasteiger partial charge in [0.25, 0.3) is 0 Å². The number of nitrogens with one attached hydrogen (secondary N) is 1. The molecule has 22 heavy (non-hydrogen) atoms. The van der Waals surface area contributed by atoms with Crippen molar-refractivity contribution in [2.24, 2.45) is 0 Å². The van der Waals surface area contributed by atoms with E-state index in [9.17, 15) is 4.79 Å². The molecule has 7 heteroatoms. The summed E-state index contributed by atoms with van der Waals surface area (Å²) in [6.45, 7) is 3.42. The Morgan fingerprint density at radius 2 is 2.45 bits per heavy atom. The average Bonchev–Trinajstić information content (AvgIpc) is 3.17. The van der Waals surface area contributed by atoms with Crippen molar-refractivity contribution >= 4 is 17.2 Å². The summed E-state index contributed by atoms with van der Waals surface area (Å²) in [4.78, 5) is 21.0. The summed E-state index contributed by atoms with van der Waals surface area (Å²) in [6, 6.07) is 0.355. The van der Waals surface area contributed by atoms with E-state index < -0.39 is 0 Å². The van der Waals surface area contributed by atoms with Crippen molar-refractivity contribution in [2.45, 2.75) is 37.6 Å². The van der Waals surface area contributed by atoms with Gasteiger partial charge in [0.15, 0.2) is 0 Å². The topological polar surface area (TPSA) is 57.7 Å². The van der Waals surface area contributed by atoms with Gasteiger partial charge in [-0.25, -0.2) is 4.98 Å². The first-order valence-electron chi connectivity index (χ1n) is 7.84. The molecule has 1 aromatic heterocycles. The van der Waals surface area contributed by atoms with Gasteiger partial charge in [0.1, 0.15) is 11.1 Å². The first-order chi connectivity index (χ1) is 10.6. The summed E-state index contributed by atoms with van der Waals surface area (Å²) in [6.07, 6.45) is 3.56. The number of fused-ring (bicyclic) bond motifs is 1. The van der Waals surface area contributed by atoms with Crippen LogP contribution >= 0.6 is 11.3 Å². The van der Waals surface area contributed by atoms with Gasteiger partial charge in [-0.1, -0.05) is 0 Å². The molecule has 1 aromatic rings. The number of likely N-dealkylation sites (tertiary alicyclic amines) is 1. The maximum absolute atomic E-state index is 12.2. The van der Waals surface area contributed by atoms with Crippen LogP contribution in [0.2, 0.25) is 0 Å².